The Morgan fingerprint density at radius 1 is 0.871 bits per heavy atom. The molecule has 0 radical (unpaired) electrons. The molecule has 0 aromatic heterocycles. The number of methoxy groups -OCH3 is 1. The second-order valence-corrected chi connectivity index (χ2v) is 9.31. The van der Waals surface area contributed by atoms with Crippen molar-refractivity contribution in [3.05, 3.63) is 89.5 Å². The molecule has 0 atom stereocenters. The summed E-state index contributed by atoms with van der Waals surface area (Å²) in [5.41, 5.74) is 3.17. The summed E-state index contributed by atoms with van der Waals surface area (Å²) >= 11 is 0. The number of rotatable bonds is 7. The first-order valence-electron chi connectivity index (χ1n) is 9.76. The number of hydrogen-bond donors (Lipinski definition) is 0. The number of amides is 1. The number of ether oxygens (including phenoxy) is 1. The summed E-state index contributed by atoms with van der Waals surface area (Å²) in [4.78, 5) is 14.6. The SMILES string of the molecule is COc1ccc(S(=O)(=O)N(C)c2ccc(C(=O)N(C)Cc3ccc(C)cc3)cc2)cc1. The Morgan fingerprint density at radius 2 is 1.45 bits per heavy atom. The molecular weight excluding hydrogens is 412 g/mol. The number of nitrogens with zero attached hydrogens (tertiary/aromatic N) is 2. The van der Waals surface area contributed by atoms with Crippen LogP contribution < -0.4 is 9.04 Å². The molecule has 0 saturated heterocycles. The van der Waals surface area contributed by atoms with Gasteiger partial charge >= 0.3 is 0 Å². The van der Waals surface area contributed by atoms with Gasteiger partial charge in [0.15, 0.2) is 0 Å². The molecule has 0 bridgehead atoms. The maximum absolute atomic E-state index is 12.9. The summed E-state index contributed by atoms with van der Waals surface area (Å²) in [6.45, 7) is 2.51. The third-order valence-electron chi connectivity index (χ3n) is 5.08. The summed E-state index contributed by atoms with van der Waals surface area (Å²) in [7, 11) is 1.03. The van der Waals surface area contributed by atoms with E-state index in [1.165, 1.54) is 36.2 Å². The normalized spacial score (nSPS) is 11.1. The Kier molecular flexibility index (Phi) is 6.65. The number of hydrogen-bond acceptors (Lipinski definition) is 4. The van der Waals surface area contributed by atoms with E-state index >= 15 is 0 Å². The minimum absolute atomic E-state index is 0.132. The lowest BCUT2D eigenvalue weighted by Crippen LogP contribution is -2.27. The quantitative estimate of drug-likeness (QED) is 0.557. The lowest BCUT2D eigenvalue weighted by atomic mass is 10.1. The van der Waals surface area contributed by atoms with E-state index in [-0.39, 0.29) is 10.8 Å². The highest BCUT2D eigenvalue weighted by Gasteiger charge is 2.22. The van der Waals surface area contributed by atoms with Crippen LogP contribution in [-0.2, 0) is 16.6 Å². The van der Waals surface area contributed by atoms with Gasteiger partial charge in [0.05, 0.1) is 17.7 Å². The molecule has 0 aliphatic carbocycles. The molecule has 31 heavy (non-hydrogen) atoms. The molecular formula is C24H26N2O4S. The van der Waals surface area contributed by atoms with Crippen molar-refractivity contribution in [2.45, 2.75) is 18.4 Å². The molecule has 7 heteroatoms. The Hall–Kier alpha value is -3.32. The summed E-state index contributed by atoms with van der Waals surface area (Å²) in [6, 6.07) is 20.8. The van der Waals surface area contributed by atoms with Gasteiger partial charge in [-0.25, -0.2) is 8.42 Å². The van der Waals surface area contributed by atoms with E-state index in [4.69, 9.17) is 4.74 Å². The maximum Gasteiger partial charge on any atom is 0.264 e. The average Bonchev–Trinajstić information content (AvgIpc) is 2.79. The van der Waals surface area contributed by atoms with Crippen molar-refractivity contribution in [3.63, 3.8) is 0 Å². The average molecular weight is 439 g/mol. The van der Waals surface area contributed by atoms with Crippen LogP contribution in [0.15, 0.2) is 77.7 Å². The van der Waals surface area contributed by atoms with Crippen LogP contribution in [-0.4, -0.2) is 40.4 Å². The second-order valence-electron chi connectivity index (χ2n) is 7.34. The topological polar surface area (TPSA) is 66.9 Å². The highest BCUT2D eigenvalue weighted by Crippen LogP contribution is 2.24. The molecule has 1 amide bonds. The summed E-state index contributed by atoms with van der Waals surface area (Å²) in [6.07, 6.45) is 0. The number of carbonyl (C=O) groups excluding carboxylic acids is 1. The van der Waals surface area contributed by atoms with Gasteiger partial charge in [0.25, 0.3) is 15.9 Å². The van der Waals surface area contributed by atoms with Gasteiger partial charge in [-0.2, -0.15) is 0 Å². The van der Waals surface area contributed by atoms with E-state index < -0.39 is 10.0 Å². The highest BCUT2D eigenvalue weighted by molar-refractivity contribution is 7.92. The highest BCUT2D eigenvalue weighted by atomic mass is 32.2. The van der Waals surface area contributed by atoms with Crippen molar-refractivity contribution < 1.29 is 17.9 Å². The lowest BCUT2D eigenvalue weighted by Gasteiger charge is -2.21. The van der Waals surface area contributed by atoms with Gasteiger partial charge in [-0.15, -0.1) is 0 Å². The van der Waals surface area contributed by atoms with Gasteiger partial charge in [0.2, 0.25) is 0 Å². The van der Waals surface area contributed by atoms with Gasteiger partial charge in [-0.3, -0.25) is 9.10 Å². The number of benzene rings is 3. The Bertz CT molecular complexity index is 1140. The standard InChI is InChI=1S/C24H26N2O4S/c1-18-5-7-19(8-6-18)17-25(2)24(27)20-9-11-21(12-10-20)26(3)31(28,29)23-15-13-22(30-4)14-16-23/h5-16H,17H2,1-4H3. The molecule has 3 rings (SSSR count). The van der Waals surface area contributed by atoms with Crippen LogP contribution in [0.1, 0.15) is 21.5 Å². The molecule has 0 spiro atoms. The summed E-state index contributed by atoms with van der Waals surface area (Å²) in [5, 5.41) is 0. The zero-order chi connectivity index (χ0) is 22.6. The molecule has 0 fully saturated rings. The molecule has 0 N–H and O–H groups in total. The van der Waals surface area contributed by atoms with Crippen molar-refractivity contribution in [3.8, 4) is 5.75 Å². The van der Waals surface area contributed by atoms with Crippen LogP contribution in [0.5, 0.6) is 5.75 Å². The zero-order valence-corrected chi connectivity index (χ0v) is 18.9. The fourth-order valence-electron chi connectivity index (χ4n) is 3.12. The van der Waals surface area contributed by atoms with Gasteiger partial charge in [0.1, 0.15) is 5.75 Å². The van der Waals surface area contributed by atoms with Gasteiger partial charge in [0, 0.05) is 26.2 Å². The number of carbonyl (C=O) groups is 1. The third-order valence-corrected chi connectivity index (χ3v) is 6.88. The number of sulfonamides is 1. The van der Waals surface area contributed by atoms with E-state index in [1.54, 1.807) is 48.3 Å². The number of anilines is 1. The van der Waals surface area contributed by atoms with Crippen LogP contribution in [0.3, 0.4) is 0 Å². The first-order valence-corrected chi connectivity index (χ1v) is 11.2. The van der Waals surface area contributed by atoms with E-state index in [0.29, 0.717) is 23.5 Å². The fourth-order valence-corrected chi connectivity index (χ4v) is 4.31. The Labute approximate surface area is 183 Å². The molecule has 0 unspecified atom stereocenters. The predicted octanol–water partition coefficient (Wildman–Crippen LogP) is 4.10. The van der Waals surface area contributed by atoms with Crippen molar-refractivity contribution >= 4 is 21.6 Å². The minimum atomic E-state index is -3.73. The smallest absolute Gasteiger partial charge is 0.264 e. The van der Waals surface area contributed by atoms with Crippen LogP contribution in [0.2, 0.25) is 0 Å². The number of aryl methyl sites for hydroxylation is 1. The van der Waals surface area contributed by atoms with Crippen LogP contribution in [0.25, 0.3) is 0 Å². The maximum atomic E-state index is 12.9. The van der Waals surface area contributed by atoms with Crippen LogP contribution in [0, 0.1) is 6.92 Å². The van der Waals surface area contributed by atoms with Crippen molar-refractivity contribution in [2.75, 3.05) is 25.5 Å². The predicted molar refractivity (Wildman–Crippen MR) is 122 cm³/mol. The fraction of sp³-hybridized carbons (Fsp3) is 0.208. The molecule has 0 heterocycles. The summed E-state index contributed by atoms with van der Waals surface area (Å²) in [5.74, 6) is 0.451. The van der Waals surface area contributed by atoms with Gasteiger partial charge in [-0.05, 0) is 61.0 Å². The third kappa shape index (κ3) is 5.06. The molecule has 0 saturated carbocycles. The Morgan fingerprint density at radius 3 is 2.00 bits per heavy atom. The van der Waals surface area contributed by atoms with E-state index in [0.717, 1.165) is 5.56 Å². The first kappa shape index (κ1) is 22.4. The van der Waals surface area contributed by atoms with E-state index in [2.05, 4.69) is 0 Å². The lowest BCUT2D eigenvalue weighted by molar-refractivity contribution is 0.0785. The molecule has 0 aliphatic rings. The van der Waals surface area contributed by atoms with Gasteiger partial charge in [-0.1, -0.05) is 29.8 Å². The van der Waals surface area contributed by atoms with Crippen molar-refractivity contribution in [2.24, 2.45) is 0 Å². The zero-order valence-electron chi connectivity index (χ0n) is 18.1. The minimum Gasteiger partial charge on any atom is -0.497 e. The largest absolute Gasteiger partial charge is 0.497 e. The molecule has 3 aromatic rings. The molecule has 162 valence electrons. The van der Waals surface area contributed by atoms with Gasteiger partial charge < -0.3 is 9.64 Å². The molecule has 6 nitrogen and oxygen atoms in total. The van der Waals surface area contributed by atoms with Crippen LogP contribution in [0.4, 0.5) is 5.69 Å². The first-order chi connectivity index (χ1) is 14.7. The summed E-state index contributed by atoms with van der Waals surface area (Å²) < 4.78 is 32.1. The molecule has 0 aliphatic heterocycles. The second kappa shape index (κ2) is 9.22. The Balaban J connectivity index is 1.73. The monoisotopic (exact) mass is 438 g/mol. The van der Waals surface area contributed by atoms with E-state index in [9.17, 15) is 13.2 Å². The molecule has 3 aromatic carbocycles. The van der Waals surface area contributed by atoms with E-state index in [1.807, 2.05) is 31.2 Å². The van der Waals surface area contributed by atoms with Crippen LogP contribution >= 0.6 is 0 Å². The van der Waals surface area contributed by atoms with Crippen molar-refractivity contribution in [1.29, 1.82) is 0 Å². The van der Waals surface area contributed by atoms with Crippen molar-refractivity contribution in [1.82, 2.24) is 4.90 Å².